The van der Waals surface area contributed by atoms with E-state index in [1.165, 1.54) is 12.8 Å². The highest BCUT2D eigenvalue weighted by Gasteiger charge is 2.30. The minimum Gasteiger partial charge on any atom is -0.487 e. The summed E-state index contributed by atoms with van der Waals surface area (Å²) in [6.45, 7) is 2.75. The van der Waals surface area contributed by atoms with Crippen LogP contribution < -0.4 is 4.74 Å². The molecule has 1 aromatic carbocycles. The summed E-state index contributed by atoms with van der Waals surface area (Å²) in [5, 5.41) is 9.40. The summed E-state index contributed by atoms with van der Waals surface area (Å²) < 4.78 is 8.21. The van der Waals surface area contributed by atoms with Crippen LogP contribution in [0.15, 0.2) is 24.3 Å². The number of hydrogen-bond acceptors (Lipinski definition) is 4. The second kappa shape index (κ2) is 6.13. The van der Waals surface area contributed by atoms with Crippen LogP contribution in [0.2, 0.25) is 5.02 Å². The summed E-state index contributed by atoms with van der Waals surface area (Å²) in [5.74, 6) is 3.60. The highest BCUT2D eigenvalue weighted by Crippen LogP contribution is 2.38. The SMILES string of the molecule is Cn1c(CN2CC[C@H](Oc3ccccc3Cl)C2)nnc1C1CC1. The lowest BCUT2D eigenvalue weighted by atomic mass is 10.3. The number of para-hydroxylation sites is 1. The number of rotatable bonds is 5. The van der Waals surface area contributed by atoms with Gasteiger partial charge in [0.15, 0.2) is 0 Å². The van der Waals surface area contributed by atoms with E-state index in [9.17, 15) is 0 Å². The molecule has 1 atom stereocenters. The molecule has 6 heteroatoms. The molecule has 0 radical (unpaired) electrons. The average Bonchev–Trinajstić information content (AvgIpc) is 3.19. The van der Waals surface area contributed by atoms with Crippen molar-refractivity contribution < 1.29 is 4.74 Å². The molecule has 1 saturated carbocycles. The minimum atomic E-state index is 0.186. The smallest absolute Gasteiger partial charge is 0.146 e. The van der Waals surface area contributed by atoms with Crippen LogP contribution in [0, 0.1) is 0 Å². The fourth-order valence-electron chi connectivity index (χ4n) is 3.17. The molecule has 2 aromatic rings. The van der Waals surface area contributed by atoms with Crippen LogP contribution in [0.25, 0.3) is 0 Å². The Morgan fingerprint density at radius 2 is 2.04 bits per heavy atom. The van der Waals surface area contributed by atoms with E-state index in [0.29, 0.717) is 10.9 Å². The number of aromatic nitrogens is 3. The Hall–Kier alpha value is -1.59. The summed E-state index contributed by atoms with van der Waals surface area (Å²) in [4.78, 5) is 2.38. The van der Waals surface area contributed by atoms with Crippen molar-refractivity contribution in [1.82, 2.24) is 19.7 Å². The molecule has 1 saturated heterocycles. The first-order chi connectivity index (χ1) is 11.2. The molecule has 5 nitrogen and oxygen atoms in total. The zero-order valence-corrected chi connectivity index (χ0v) is 14.0. The number of hydrogen-bond donors (Lipinski definition) is 0. The van der Waals surface area contributed by atoms with Crippen LogP contribution in [-0.4, -0.2) is 38.9 Å². The summed E-state index contributed by atoms with van der Waals surface area (Å²) >= 11 is 6.17. The Balaban J connectivity index is 1.36. The lowest BCUT2D eigenvalue weighted by Gasteiger charge is -2.17. The van der Waals surface area contributed by atoms with Crippen LogP contribution in [0.1, 0.15) is 36.8 Å². The number of ether oxygens (including phenoxy) is 1. The molecule has 2 aliphatic rings. The quantitative estimate of drug-likeness (QED) is 0.844. The Bertz CT molecular complexity index is 698. The van der Waals surface area contributed by atoms with Crippen molar-refractivity contribution in [3.05, 3.63) is 40.9 Å². The Kier molecular flexibility index (Phi) is 3.99. The monoisotopic (exact) mass is 332 g/mol. The Morgan fingerprint density at radius 1 is 1.22 bits per heavy atom. The third-order valence-electron chi connectivity index (χ3n) is 4.67. The maximum atomic E-state index is 6.17. The van der Waals surface area contributed by atoms with Crippen LogP contribution in [0.4, 0.5) is 0 Å². The second-order valence-electron chi connectivity index (χ2n) is 6.50. The molecule has 0 bridgehead atoms. The van der Waals surface area contributed by atoms with E-state index in [1.54, 1.807) is 0 Å². The lowest BCUT2D eigenvalue weighted by Crippen LogP contribution is -2.26. The van der Waals surface area contributed by atoms with Gasteiger partial charge in [-0.1, -0.05) is 23.7 Å². The largest absolute Gasteiger partial charge is 0.487 e. The van der Waals surface area contributed by atoms with Crippen molar-refractivity contribution in [2.45, 2.75) is 37.8 Å². The highest BCUT2D eigenvalue weighted by atomic mass is 35.5. The molecule has 4 rings (SSSR count). The van der Waals surface area contributed by atoms with Gasteiger partial charge in [-0.25, -0.2) is 0 Å². The average molecular weight is 333 g/mol. The summed E-state index contributed by atoms with van der Waals surface area (Å²) in [6.07, 6.45) is 3.71. The first-order valence-corrected chi connectivity index (χ1v) is 8.60. The van der Waals surface area contributed by atoms with Gasteiger partial charge in [0.05, 0.1) is 11.6 Å². The van der Waals surface area contributed by atoms with Crippen molar-refractivity contribution in [3.63, 3.8) is 0 Å². The van der Waals surface area contributed by atoms with Gasteiger partial charge >= 0.3 is 0 Å². The predicted octanol–water partition coefficient (Wildman–Crippen LogP) is 3.00. The number of benzene rings is 1. The highest BCUT2D eigenvalue weighted by molar-refractivity contribution is 6.32. The molecule has 1 aliphatic carbocycles. The van der Waals surface area contributed by atoms with E-state index in [1.807, 2.05) is 24.3 Å². The maximum Gasteiger partial charge on any atom is 0.146 e. The summed E-state index contributed by atoms with van der Waals surface area (Å²) in [7, 11) is 2.08. The normalized spacial score (nSPS) is 21.7. The standard InChI is InChI=1S/C17H21ClN4O/c1-21-16(19-20-17(21)12-6-7-12)11-22-9-8-13(10-22)23-15-5-3-2-4-14(15)18/h2-5,12-13H,6-11H2,1H3/t13-/m0/s1. The molecular weight excluding hydrogens is 312 g/mol. The molecule has 0 spiro atoms. The van der Waals surface area contributed by atoms with E-state index < -0.39 is 0 Å². The van der Waals surface area contributed by atoms with Crippen LogP contribution in [0.3, 0.4) is 0 Å². The van der Waals surface area contributed by atoms with Crippen molar-refractivity contribution in [2.24, 2.45) is 7.05 Å². The predicted molar refractivity (Wildman–Crippen MR) is 88.7 cm³/mol. The molecule has 1 aliphatic heterocycles. The van der Waals surface area contributed by atoms with Crippen LogP contribution >= 0.6 is 11.6 Å². The van der Waals surface area contributed by atoms with Crippen molar-refractivity contribution >= 4 is 11.6 Å². The van der Waals surface area contributed by atoms with Gasteiger partial charge in [-0.3, -0.25) is 4.90 Å². The van der Waals surface area contributed by atoms with Gasteiger partial charge in [0.1, 0.15) is 23.5 Å². The Labute approximate surface area is 141 Å². The molecule has 0 unspecified atom stereocenters. The minimum absolute atomic E-state index is 0.186. The van der Waals surface area contributed by atoms with Gasteiger partial charge < -0.3 is 9.30 Å². The van der Waals surface area contributed by atoms with E-state index in [0.717, 1.165) is 43.5 Å². The van der Waals surface area contributed by atoms with E-state index in [-0.39, 0.29) is 6.10 Å². The fourth-order valence-corrected chi connectivity index (χ4v) is 3.35. The first kappa shape index (κ1) is 15.0. The lowest BCUT2D eigenvalue weighted by molar-refractivity contribution is 0.197. The number of likely N-dealkylation sites (tertiary alicyclic amines) is 1. The molecule has 0 amide bonds. The van der Waals surface area contributed by atoms with E-state index in [2.05, 4.69) is 26.7 Å². The molecular formula is C17H21ClN4O. The third-order valence-corrected chi connectivity index (χ3v) is 4.98. The van der Waals surface area contributed by atoms with Gasteiger partial charge in [0, 0.05) is 26.1 Å². The fraction of sp³-hybridized carbons (Fsp3) is 0.529. The second-order valence-corrected chi connectivity index (χ2v) is 6.91. The third kappa shape index (κ3) is 3.21. The molecule has 2 heterocycles. The van der Waals surface area contributed by atoms with Crippen LogP contribution in [-0.2, 0) is 13.6 Å². The van der Waals surface area contributed by atoms with E-state index in [4.69, 9.17) is 16.3 Å². The first-order valence-electron chi connectivity index (χ1n) is 8.22. The number of halogens is 1. The molecule has 122 valence electrons. The molecule has 23 heavy (non-hydrogen) atoms. The van der Waals surface area contributed by atoms with Gasteiger partial charge in [-0.05, 0) is 31.4 Å². The van der Waals surface area contributed by atoms with Crippen molar-refractivity contribution in [1.29, 1.82) is 0 Å². The summed E-state index contributed by atoms with van der Waals surface area (Å²) in [5.41, 5.74) is 0. The summed E-state index contributed by atoms with van der Waals surface area (Å²) in [6, 6.07) is 7.66. The molecule has 0 N–H and O–H groups in total. The number of nitrogens with zero attached hydrogens (tertiary/aromatic N) is 4. The zero-order chi connectivity index (χ0) is 15.8. The van der Waals surface area contributed by atoms with Crippen molar-refractivity contribution in [2.75, 3.05) is 13.1 Å². The van der Waals surface area contributed by atoms with Gasteiger partial charge in [0.2, 0.25) is 0 Å². The van der Waals surface area contributed by atoms with Gasteiger partial charge in [-0.2, -0.15) is 0 Å². The zero-order valence-electron chi connectivity index (χ0n) is 13.3. The van der Waals surface area contributed by atoms with Gasteiger partial charge in [0.25, 0.3) is 0 Å². The van der Waals surface area contributed by atoms with Crippen LogP contribution in [0.5, 0.6) is 5.75 Å². The van der Waals surface area contributed by atoms with Crippen molar-refractivity contribution in [3.8, 4) is 5.75 Å². The molecule has 2 fully saturated rings. The van der Waals surface area contributed by atoms with E-state index >= 15 is 0 Å². The Morgan fingerprint density at radius 3 is 2.83 bits per heavy atom. The maximum absolute atomic E-state index is 6.17. The topological polar surface area (TPSA) is 43.2 Å². The van der Waals surface area contributed by atoms with Gasteiger partial charge in [-0.15, -0.1) is 10.2 Å². The molecule has 1 aromatic heterocycles.